The molecule has 1 aliphatic heterocycles. The fourth-order valence-electron chi connectivity index (χ4n) is 4.49. The number of rotatable bonds is 10. The quantitative estimate of drug-likeness (QED) is 0.237. The summed E-state index contributed by atoms with van der Waals surface area (Å²) in [5.41, 5.74) is 8.11. The van der Waals surface area contributed by atoms with Crippen LogP contribution in [0.4, 0.5) is 0 Å². The zero-order valence-electron chi connectivity index (χ0n) is 20.7. The van der Waals surface area contributed by atoms with Gasteiger partial charge in [-0.25, -0.2) is 0 Å². The first-order valence-electron chi connectivity index (χ1n) is 12.3. The topological polar surface area (TPSA) is 112 Å². The van der Waals surface area contributed by atoms with Gasteiger partial charge in [0.25, 0.3) is 0 Å². The van der Waals surface area contributed by atoms with Crippen molar-refractivity contribution in [2.24, 2.45) is 10.7 Å². The van der Waals surface area contributed by atoms with E-state index >= 15 is 0 Å². The predicted octanol–water partition coefficient (Wildman–Crippen LogP) is 1.83. The summed E-state index contributed by atoms with van der Waals surface area (Å²) in [5, 5.41) is 9.47. The van der Waals surface area contributed by atoms with Crippen LogP contribution in [-0.2, 0) is 9.59 Å². The Bertz CT molecular complexity index is 927. The first kappa shape index (κ1) is 26.2. The van der Waals surface area contributed by atoms with Crippen LogP contribution in [0, 0.1) is 0 Å². The molecule has 35 heavy (non-hydrogen) atoms. The lowest BCUT2D eigenvalue weighted by Crippen LogP contribution is -2.49. The van der Waals surface area contributed by atoms with E-state index in [9.17, 15) is 9.59 Å². The number of amides is 2. The van der Waals surface area contributed by atoms with Gasteiger partial charge in [0.1, 0.15) is 0 Å². The maximum atomic E-state index is 13.7. The van der Waals surface area contributed by atoms with Crippen LogP contribution < -0.4 is 21.7 Å². The van der Waals surface area contributed by atoms with Crippen LogP contribution in [0.25, 0.3) is 0 Å². The van der Waals surface area contributed by atoms with Crippen LogP contribution in [-0.4, -0.2) is 68.0 Å². The van der Waals surface area contributed by atoms with Crippen LogP contribution in [0.1, 0.15) is 43.2 Å². The van der Waals surface area contributed by atoms with Gasteiger partial charge in [-0.3, -0.25) is 14.6 Å². The molecule has 0 radical (unpaired) electrons. The number of hydrogen-bond acceptors (Lipinski definition) is 4. The summed E-state index contributed by atoms with van der Waals surface area (Å²) in [5.74, 6) is 0.506. The molecule has 2 atom stereocenters. The summed E-state index contributed by atoms with van der Waals surface area (Å²) in [7, 11) is 1.64. The molecular formula is C27H38N6O2. The second kappa shape index (κ2) is 13.5. The number of hydrogen-bond donors (Lipinski definition) is 4. The Morgan fingerprint density at radius 1 is 1.11 bits per heavy atom. The molecule has 0 bridgehead atoms. The van der Waals surface area contributed by atoms with E-state index in [-0.39, 0.29) is 29.8 Å². The fraction of sp³-hybridized carbons (Fsp3) is 0.444. The van der Waals surface area contributed by atoms with Gasteiger partial charge in [0.2, 0.25) is 11.8 Å². The minimum absolute atomic E-state index is 0.0278. The second-order valence-corrected chi connectivity index (χ2v) is 8.98. The van der Waals surface area contributed by atoms with Gasteiger partial charge in [-0.1, -0.05) is 60.7 Å². The first-order chi connectivity index (χ1) is 17.0. The number of benzene rings is 2. The summed E-state index contributed by atoms with van der Waals surface area (Å²) >= 11 is 0. The lowest BCUT2D eigenvalue weighted by molar-refractivity contribution is -0.133. The number of guanidine groups is 1. The van der Waals surface area contributed by atoms with Gasteiger partial charge in [-0.15, -0.1) is 0 Å². The molecule has 3 rings (SSSR count). The van der Waals surface area contributed by atoms with E-state index in [4.69, 9.17) is 5.73 Å². The van der Waals surface area contributed by atoms with E-state index in [1.165, 1.54) is 18.1 Å². The molecule has 1 aliphatic rings. The summed E-state index contributed by atoms with van der Waals surface area (Å²) in [6.45, 7) is 3.90. The van der Waals surface area contributed by atoms with Crippen molar-refractivity contribution < 1.29 is 9.59 Å². The Labute approximate surface area is 208 Å². The molecule has 0 aromatic heterocycles. The van der Waals surface area contributed by atoms with Crippen molar-refractivity contribution in [2.75, 3.05) is 33.2 Å². The standard InChI is InChI=1S/C27H38N6O2/c1-20(34)31-18-23-15-17-33(26(35)25(32-23)14-9-16-30-27(28)29-2)19-24(21-10-5-3-6-11-21)22-12-7-4-8-13-22/h3-8,10-13,23-25,32H,9,14-19H2,1-2H3,(H,31,34)(H3,28,29,30). The van der Waals surface area contributed by atoms with E-state index in [2.05, 4.69) is 45.2 Å². The number of nitrogens with one attached hydrogen (secondary N) is 3. The molecule has 188 valence electrons. The average Bonchev–Trinajstić information content (AvgIpc) is 3.03. The van der Waals surface area contributed by atoms with Crippen LogP contribution in [0.2, 0.25) is 0 Å². The smallest absolute Gasteiger partial charge is 0.239 e. The Hall–Kier alpha value is -3.39. The number of aliphatic imine (C=N–C) groups is 1. The van der Waals surface area contributed by atoms with Crippen molar-refractivity contribution in [1.82, 2.24) is 20.9 Å². The molecule has 1 saturated heterocycles. The maximum absolute atomic E-state index is 13.7. The van der Waals surface area contributed by atoms with E-state index in [0.29, 0.717) is 38.6 Å². The van der Waals surface area contributed by atoms with Gasteiger partial charge in [0, 0.05) is 52.1 Å². The molecule has 2 amide bonds. The molecule has 0 saturated carbocycles. The maximum Gasteiger partial charge on any atom is 0.239 e. The molecule has 0 aliphatic carbocycles. The Balaban J connectivity index is 1.77. The van der Waals surface area contributed by atoms with Gasteiger partial charge < -0.3 is 26.6 Å². The second-order valence-electron chi connectivity index (χ2n) is 8.98. The highest BCUT2D eigenvalue weighted by Gasteiger charge is 2.32. The molecule has 2 aromatic carbocycles. The summed E-state index contributed by atoms with van der Waals surface area (Å²) < 4.78 is 0. The van der Waals surface area contributed by atoms with Crippen LogP contribution in [0.15, 0.2) is 65.7 Å². The molecule has 1 fully saturated rings. The molecule has 5 N–H and O–H groups in total. The monoisotopic (exact) mass is 478 g/mol. The molecule has 0 spiro atoms. The average molecular weight is 479 g/mol. The van der Waals surface area contributed by atoms with E-state index < -0.39 is 0 Å². The third kappa shape index (κ3) is 8.10. The number of nitrogens with two attached hydrogens (primary N) is 1. The third-order valence-corrected chi connectivity index (χ3v) is 6.41. The summed E-state index contributed by atoms with van der Waals surface area (Å²) in [4.78, 5) is 31.1. The molecular weight excluding hydrogens is 440 g/mol. The van der Waals surface area contributed by atoms with Gasteiger partial charge in [0.05, 0.1) is 6.04 Å². The van der Waals surface area contributed by atoms with Crippen molar-refractivity contribution in [2.45, 2.75) is 44.2 Å². The number of nitrogens with zero attached hydrogens (tertiary/aromatic N) is 2. The third-order valence-electron chi connectivity index (χ3n) is 6.41. The van der Waals surface area contributed by atoms with Crippen LogP contribution >= 0.6 is 0 Å². The van der Waals surface area contributed by atoms with Gasteiger partial charge in [0.15, 0.2) is 5.96 Å². The highest BCUT2D eigenvalue weighted by molar-refractivity contribution is 5.82. The van der Waals surface area contributed by atoms with Gasteiger partial charge >= 0.3 is 0 Å². The summed E-state index contributed by atoms with van der Waals surface area (Å²) in [6, 6.07) is 20.4. The number of carbonyl (C=O) groups is 2. The molecule has 8 nitrogen and oxygen atoms in total. The first-order valence-corrected chi connectivity index (χ1v) is 12.3. The SMILES string of the molecule is CN=C(N)NCCCC1NC(CNC(C)=O)CCN(CC(c2ccccc2)c2ccccc2)C1=O. The van der Waals surface area contributed by atoms with Crippen molar-refractivity contribution in [3.63, 3.8) is 0 Å². The highest BCUT2D eigenvalue weighted by Crippen LogP contribution is 2.27. The summed E-state index contributed by atoms with van der Waals surface area (Å²) in [6.07, 6.45) is 2.20. The lowest BCUT2D eigenvalue weighted by atomic mass is 9.90. The van der Waals surface area contributed by atoms with E-state index in [1.807, 2.05) is 41.3 Å². The van der Waals surface area contributed by atoms with Gasteiger partial charge in [-0.2, -0.15) is 0 Å². The normalized spacial score (nSPS) is 18.9. The zero-order valence-corrected chi connectivity index (χ0v) is 20.7. The molecule has 8 heteroatoms. The van der Waals surface area contributed by atoms with E-state index in [0.717, 1.165) is 12.8 Å². The largest absolute Gasteiger partial charge is 0.370 e. The van der Waals surface area contributed by atoms with Crippen LogP contribution in [0.5, 0.6) is 0 Å². The zero-order chi connectivity index (χ0) is 25.0. The van der Waals surface area contributed by atoms with Crippen molar-refractivity contribution in [3.8, 4) is 0 Å². The number of carbonyl (C=O) groups excluding carboxylic acids is 2. The highest BCUT2D eigenvalue weighted by atomic mass is 16.2. The Kier molecular flexibility index (Phi) is 10.1. The Morgan fingerprint density at radius 2 is 1.74 bits per heavy atom. The van der Waals surface area contributed by atoms with Crippen molar-refractivity contribution >= 4 is 17.8 Å². The molecule has 2 aromatic rings. The fourth-order valence-corrected chi connectivity index (χ4v) is 4.49. The minimum Gasteiger partial charge on any atom is -0.370 e. The van der Waals surface area contributed by atoms with Gasteiger partial charge in [-0.05, 0) is 30.4 Å². The Morgan fingerprint density at radius 3 is 2.31 bits per heavy atom. The molecule has 2 unspecified atom stereocenters. The minimum atomic E-state index is -0.329. The molecule has 1 heterocycles. The van der Waals surface area contributed by atoms with E-state index in [1.54, 1.807) is 7.05 Å². The van der Waals surface area contributed by atoms with Crippen molar-refractivity contribution in [3.05, 3.63) is 71.8 Å². The van der Waals surface area contributed by atoms with Crippen molar-refractivity contribution in [1.29, 1.82) is 0 Å². The predicted molar refractivity (Wildman–Crippen MR) is 140 cm³/mol. The van der Waals surface area contributed by atoms with Crippen LogP contribution in [0.3, 0.4) is 0 Å². The lowest BCUT2D eigenvalue weighted by Gasteiger charge is -2.29.